The predicted octanol–water partition coefficient (Wildman–Crippen LogP) is 2.31. The smallest absolute Gasteiger partial charge is 0.220 e. The van der Waals surface area contributed by atoms with Gasteiger partial charge < -0.3 is 10.4 Å². The Morgan fingerprint density at radius 2 is 1.74 bits per heavy atom. The van der Waals surface area contributed by atoms with Crippen molar-refractivity contribution in [2.24, 2.45) is 5.92 Å². The molecule has 19 heavy (non-hydrogen) atoms. The number of carbonyl (C=O) groups excluding carboxylic acids is 1. The van der Waals surface area contributed by atoms with Gasteiger partial charge in [-0.15, -0.1) is 0 Å². The lowest BCUT2D eigenvalue weighted by molar-refractivity contribution is -0.121. The fraction of sp³-hybridized carbons (Fsp3) is 0.562. The lowest BCUT2D eigenvalue weighted by atomic mass is 10.0. The van der Waals surface area contributed by atoms with Gasteiger partial charge in [-0.3, -0.25) is 4.79 Å². The molecule has 0 heterocycles. The van der Waals surface area contributed by atoms with Crippen molar-refractivity contribution in [2.45, 2.75) is 46.1 Å². The van der Waals surface area contributed by atoms with Gasteiger partial charge in [-0.2, -0.15) is 0 Å². The zero-order chi connectivity index (χ0) is 14.3. The quantitative estimate of drug-likeness (QED) is 0.793. The van der Waals surface area contributed by atoms with Gasteiger partial charge in [-0.25, -0.2) is 0 Å². The van der Waals surface area contributed by atoms with E-state index in [4.69, 9.17) is 5.11 Å². The van der Waals surface area contributed by atoms with E-state index in [2.05, 4.69) is 43.4 Å². The zero-order valence-corrected chi connectivity index (χ0v) is 12.1. The molecule has 3 nitrogen and oxygen atoms in total. The van der Waals surface area contributed by atoms with Crippen molar-refractivity contribution >= 4 is 5.91 Å². The Balaban J connectivity index is 2.35. The predicted molar refractivity (Wildman–Crippen MR) is 78.0 cm³/mol. The number of aliphatic hydroxyl groups excluding tert-OH is 1. The zero-order valence-electron chi connectivity index (χ0n) is 12.1. The summed E-state index contributed by atoms with van der Waals surface area (Å²) in [6.07, 6.45) is 1.82. The van der Waals surface area contributed by atoms with Crippen LogP contribution < -0.4 is 5.32 Å². The van der Waals surface area contributed by atoms with E-state index in [1.807, 2.05) is 0 Å². The minimum atomic E-state index is -0.487. The van der Waals surface area contributed by atoms with Crippen LogP contribution in [-0.2, 0) is 17.6 Å². The molecule has 106 valence electrons. The Hall–Kier alpha value is -1.35. The van der Waals surface area contributed by atoms with Crippen LogP contribution >= 0.6 is 0 Å². The van der Waals surface area contributed by atoms with Crippen LogP contribution in [0.4, 0.5) is 0 Å². The second-order valence-corrected chi connectivity index (χ2v) is 5.57. The largest absolute Gasteiger partial charge is 0.392 e. The Kier molecular flexibility index (Phi) is 6.57. The summed E-state index contributed by atoms with van der Waals surface area (Å²) in [5.41, 5.74) is 2.53. The maximum Gasteiger partial charge on any atom is 0.220 e. The summed E-state index contributed by atoms with van der Waals surface area (Å²) in [5, 5.41) is 11.8. The molecule has 0 aliphatic rings. The van der Waals surface area contributed by atoms with Crippen LogP contribution in [0.5, 0.6) is 0 Å². The summed E-state index contributed by atoms with van der Waals surface area (Å²) < 4.78 is 0. The summed E-state index contributed by atoms with van der Waals surface area (Å²) in [7, 11) is 0. The highest BCUT2D eigenvalue weighted by Crippen LogP contribution is 2.11. The second-order valence-electron chi connectivity index (χ2n) is 5.57. The van der Waals surface area contributed by atoms with Crippen LogP contribution in [0.15, 0.2) is 24.3 Å². The van der Waals surface area contributed by atoms with Crippen LogP contribution in [0.25, 0.3) is 0 Å². The lowest BCUT2D eigenvalue weighted by Gasteiger charge is -2.08. The fourth-order valence-electron chi connectivity index (χ4n) is 1.92. The van der Waals surface area contributed by atoms with Gasteiger partial charge >= 0.3 is 0 Å². The Bertz CT molecular complexity index is 382. The van der Waals surface area contributed by atoms with Gasteiger partial charge in [0.15, 0.2) is 0 Å². The fourth-order valence-corrected chi connectivity index (χ4v) is 1.92. The molecule has 2 N–H and O–H groups in total. The van der Waals surface area contributed by atoms with Gasteiger partial charge in [0, 0.05) is 13.0 Å². The molecular weight excluding hydrogens is 238 g/mol. The molecule has 1 amide bonds. The molecule has 0 saturated heterocycles. The van der Waals surface area contributed by atoms with Gasteiger partial charge in [0.2, 0.25) is 5.91 Å². The van der Waals surface area contributed by atoms with Gasteiger partial charge in [0.1, 0.15) is 0 Å². The average Bonchev–Trinajstić information content (AvgIpc) is 2.35. The van der Waals surface area contributed by atoms with E-state index in [0.29, 0.717) is 18.9 Å². The van der Waals surface area contributed by atoms with Crippen LogP contribution in [0.2, 0.25) is 0 Å². The van der Waals surface area contributed by atoms with Crippen molar-refractivity contribution < 1.29 is 9.90 Å². The number of carbonyl (C=O) groups is 1. The Morgan fingerprint density at radius 3 is 2.26 bits per heavy atom. The van der Waals surface area contributed by atoms with Gasteiger partial charge in [-0.1, -0.05) is 38.1 Å². The van der Waals surface area contributed by atoms with Gasteiger partial charge in [-0.05, 0) is 36.8 Å². The van der Waals surface area contributed by atoms with Gasteiger partial charge in [0.05, 0.1) is 6.10 Å². The molecule has 0 saturated carbocycles. The normalized spacial score (nSPS) is 12.5. The van der Waals surface area contributed by atoms with Crippen molar-refractivity contribution in [1.29, 1.82) is 0 Å². The highest BCUT2D eigenvalue weighted by Gasteiger charge is 2.04. The third-order valence-electron chi connectivity index (χ3n) is 2.90. The molecule has 3 heteroatoms. The van der Waals surface area contributed by atoms with Crippen LogP contribution in [0.3, 0.4) is 0 Å². The van der Waals surface area contributed by atoms with E-state index in [9.17, 15) is 4.79 Å². The first kappa shape index (κ1) is 15.7. The summed E-state index contributed by atoms with van der Waals surface area (Å²) in [4.78, 5) is 11.5. The van der Waals surface area contributed by atoms with Crippen LogP contribution in [-0.4, -0.2) is 23.7 Å². The maximum atomic E-state index is 11.5. The van der Waals surface area contributed by atoms with E-state index in [1.54, 1.807) is 6.92 Å². The third kappa shape index (κ3) is 6.97. The number of rotatable bonds is 7. The monoisotopic (exact) mass is 263 g/mol. The van der Waals surface area contributed by atoms with E-state index < -0.39 is 6.10 Å². The molecule has 0 aliphatic carbocycles. The highest BCUT2D eigenvalue weighted by molar-refractivity contribution is 5.76. The number of amides is 1. The number of aliphatic hydroxyl groups is 1. The first-order chi connectivity index (χ1) is 8.97. The summed E-state index contributed by atoms with van der Waals surface area (Å²) in [5.74, 6) is 0.657. The Labute approximate surface area is 116 Å². The van der Waals surface area contributed by atoms with Crippen LogP contribution in [0.1, 0.15) is 38.3 Å². The molecule has 0 bridgehead atoms. The summed E-state index contributed by atoms with van der Waals surface area (Å²) in [6.45, 7) is 6.40. The average molecular weight is 263 g/mol. The molecule has 0 aromatic heterocycles. The summed E-state index contributed by atoms with van der Waals surface area (Å²) in [6, 6.07) is 8.48. The van der Waals surface area contributed by atoms with Crippen molar-refractivity contribution in [1.82, 2.24) is 5.32 Å². The molecular formula is C16H25NO2. The summed E-state index contributed by atoms with van der Waals surface area (Å²) >= 11 is 0. The minimum Gasteiger partial charge on any atom is -0.392 e. The lowest BCUT2D eigenvalue weighted by Crippen LogP contribution is -2.30. The number of hydrogen-bond acceptors (Lipinski definition) is 2. The molecule has 1 aromatic carbocycles. The number of hydrogen-bond donors (Lipinski definition) is 2. The molecule has 0 radical (unpaired) electrons. The molecule has 0 fully saturated rings. The maximum absolute atomic E-state index is 11.5. The van der Waals surface area contributed by atoms with Crippen molar-refractivity contribution in [2.75, 3.05) is 6.54 Å². The van der Waals surface area contributed by atoms with E-state index >= 15 is 0 Å². The first-order valence-electron chi connectivity index (χ1n) is 7.00. The van der Waals surface area contributed by atoms with E-state index in [1.165, 1.54) is 11.1 Å². The van der Waals surface area contributed by atoms with Crippen molar-refractivity contribution in [3.05, 3.63) is 35.4 Å². The SMILES string of the molecule is CC(C)Cc1ccc(CCC(=O)NCC(C)O)cc1. The van der Waals surface area contributed by atoms with Crippen molar-refractivity contribution in [3.8, 4) is 0 Å². The Morgan fingerprint density at radius 1 is 1.16 bits per heavy atom. The van der Waals surface area contributed by atoms with Crippen molar-refractivity contribution in [3.63, 3.8) is 0 Å². The molecule has 0 aliphatic heterocycles. The molecule has 0 spiro atoms. The first-order valence-corrected chi connectivity index (χ1v) is 7.00. The standard InChI is InChI=1S/C16H25NO2/c1-12(2)10-15-6-4-14(5-7-15)8-9-16(19)17-11-13(3)18/h4-7,12-13,18H,8-11H2,1-3H3,(H,17,19). The number of nitrogens with one attached hydrogen (secondary N) is 1. The number of aryl methyl sites for hydroxylation is 1. The minimum absolute atomic E-state index is 0.00726. The van der Waals surface area contributed by atoms with Crippen LogP contribution in [0, 0.1) is 5.92 Å². The topological polar surface area (TPSA) is 49.3 Å². The van der Waals surface area contributed by atoms with Gasteiger partial charge in [0.25, 0.3) is 0 Å². The molecule has 1 aromatic rings. The highest BCUT2D eigenvalue weighted by atomic mass is 16.3. The van der Waals surface area contributed by atoms with E-state index in [0.717, 1.165) is 12.8 Å². The molecule has 1 rings (SSSR count). The number of benzene rings is 1. The molecule has 1 unspecified atom stereocenters. The third-order valence-corrected chi connectivity index (χ3v) is 2.90. The second kappa shape index (κ2) is 7.95. The van der Waals surface area contributed by atoms with E-state index in [-0.39, 0.29) is 5.91 Å². The molecule has 1 atom stereocenters.